The summed E-state index contributed by atoms with van der Waals surface area (Å²) in [5.74, 6) is -0.759. The summed E-state index contributed by atoms with van der Waals surface area (Å²) in [4.78, 5) is 38.7. The second-order valence-corrected chi connectivity index (χ2v) is 8.07. The number of esters is 1. The molecule has 1 aliphatic rings. The zero-order valence-corrected chi connectivity index (χ0v) is 16.5. The van der Waals surface area contributed by atoms with Gasteiger partial charge in [-0.1, -0.05) is 11.6 Å². The van der Waals surface area contributed by atoms with E-state index in [1.54, 1.807) is 49.2 Å². The van der Waals surface area contributed by atoms with E-state index in [0.29, 0.717) is 10.6 Å². The summed E-state index contributed by atoms with van der Waals surface area (Å²) in [6, 6.07) is 12.2. The first-order valence-corrected chi connectivity index (χ1v) is 9.62. The van der Waals surface area contributed by atoms with Crippen LogP contribution in [0.1, 0.15) is 22.8 Å². The van der Waals surface area contributed by atoms with Crippen LogP contribution in [0, 0.1) is 0 Å². The van der Waals surface area contributed by atoms with Crippen LogP contribution in [0.5, 0.6) is 0 Å². The molecule has 0 unspecified atom stereocenters. The second-order valence-electron chi connectivity index (χ2n) is 6.22. The van der Waals surface area contributed by atoms with Gasteiger partial charge in [-0.3, -0.25) is 14.4 Å². The van der Waals surface area contributed by atoms with Gasteiger partial charge in [0.2, 0.25) is 5.91 Å². The van der Waals surface area contributed by atoms with Crippen molar-refractivity contribution in [1.29, 1.82) is 0 Å². The molecule has 0 aromatic heterocycles. The van der Waals surface area contributed by atoms with Crippen molar-refractivity contribution < 1.29 is 19.1 Å². The minimum absolute atomic E-state index is 0.00549. The molecule has 2 aromatic rings. The summed E-state index contributed by atoms with van der Waals surface area (Å²) >= 11 is 7.18. The Hall–Kier alpha value is -2.31. The topological polar surface area (TPSA) is 63.7 Å². The van der Waals surface area contributed by atoms with Crippen molar-refractivity contribution in [3.63, 3.8) is 0 Å². The van der Waals surface area contributed by atoms with Gasteiger partial charge in [-0.2, -0.15) is 0 Å². The summed E-state index contributed by atoms with van der Waals surface area (Å²) in [6.07, 6.45) is 0.279. The van der Waals surface area contributed by atoms with E-state index in [1.165, 1.54) is 11.8 Å². The van der Waals surface area contributed by atoms with Crippen LogP contribution in [0.3, 0.4) is 0 Å². The van der Waals surface area contributed by atoms with Crippen LogP contribution < -0.4 is 4.90 Å². The second kappa shape index (κ2) is 8.15. The van der Waals surface area contributed by atoms with Gasteiger partial charge in [-0.15, -0.1) is 11.8 Å². The Labute approximate surface area is 166 Å². The molecule has 0 bridgehead atoms. The first kappa shape index (κ1) is 19.5. The van der Waals surface area contributed by atoms with Gasteiger partial charge in [-0.05, 0) is 55.0 Å². The van der Waals surface area contributed by atoms with Crippen molar-refractivity contribution in [3.8, 4) is 0 Å². The number of halogens is 1. The summed E-state index contributed by atoms with van der Waals surface area (Å²) in [6.45, 7) is 1.40. The van der Waals surface area contributed by atoms with Gasteiger partial charge < -0.3 is 9.64 Å². The largest absolute Gasteiger partial charge is 0.456 e. The number of hydrogen-bond donors (Lipinski definition) is 0. The number of carbonyl (C=O) groups is 3. The number of nitrogens with zero attached hydrogens (tertiary/aromatic N) is 1. The van der Waals surface area contributed by atoms with Gasteiger partial charge >= 0.3 is 5.97 Å². The molecule has 7 heteroatoms. The maximum atomic E-state index is 12.3. The number of hydrogen-bond acceptors (Lipinski definition) is 5. The average molecular weight is 404 g/mol. The fraction of sp³-hybridized carbons (Fsp3) is 0.250. The first-order valence-electron chi connectivity index (χ1n) is 8.36. The van der Waals surface area contributed by atoms with Gasteiger partial charge in [0, 0.05) is 28.2 Å². The number of amides is 1. The number of fused-ring (bicyclic) bond motifs is 1. The number of ether oxygens (including phenoxy) is 1. The molecule has 1 heterocycles. The molecule has 0 spiro atoms. The molecular weight excluding hydrogens is 386 g/mol. The molecular formula is C20H18ClNO4S. The Morgan fingerprint density at radius 2 is 1.93 bits per heavy atom. The Morgan fingerprint density at radius 3 is 2.63 bits per heavy atom. The lowest BCUT2D eigenvalue weighted by Gasteiger charge is -2.12. The molecule has 0 radical (unpaired) electrons. The molecule has 2 aromatic carbocycles. The Morgan fingerprint density at radius 1 is 1.22 bits per heavy atom. The lowest BCUT2D eigenvalue weighted by atomic mass is 10.1. The summed E-state index contributed by atoms with van der Waals surface area (Å²) < 4.78 is 5.16. The predicted octanol–water partition coefficient (Wildman–Crippen LogP) is 3.77. The van der Waals surface area contributed by atoms with Crippen LogP contribution in [-0.4, -0.2) is 36.6 Å². The zero-order chi connectivity index (χ0) is 19.6. The first-order chi connectivity index (χ1) is 12.8. The van der Waals surface area contributed by atoms with E-state index in [-0.39, 0.29) is 24.7 Å². The smallest absolute Gasteiger partial charge is 0.319 e. The highest BCUT2D eigenvalue weighted by atomic mass is 35.5. The van der Waals surface area contributed by atoms with E-state index in [4.69, 9.17) is 16.3 Å². The maximum absolute atomic E-state index is 12.3. The van der Waals surface area contributed by atoms with Crippen LogP contribution >= 0.6 is 23.4 Å². The number of anilines is 1. The third-order valence-corrected chi connectivity index (χ3v) is 5.62. The number of benzene rings is 2. The van der Waals surface area contributed by atoms with Crippen molar-refractivity contribution >= 4 is 46.7 Å². The minimum Gasteiger partial charge on any atom is -0.456 e. The highest BCUT2D eigenvalue weighted by molar-refractivity contribution is 8.00. The van der Waals surface area contributed by atoms with Crippen LogP contribution in [0.4, 0.5) is 5.69 Å². The summed E-state index contributed by atoms with van der Waals surface area (Å²) in [7, 11) is 1.71. The van der Waals surface area contributed by atoms with Crippen molar-refractivity contribution in [2.45, 2.75) is 23.5 Å². The van der Waals surface area contributed by atoms with Crippen LogP contribution in [0.2, 0.25) is 5.02 Å². The SMILES string of the molecule is C[C@@H](Sc1ccc(Cl)cc1)C(=O)OCC(=O)c1ccc2c(c1)CC(=O)N2C. The molecule has 5 nitrogen and oxygen atoms in total. The van der Waals surface area contributed by atoms with Gasteiger partial charge in [0.05, 0.1) is 6.42 Å². The van der Waals surface area contributed by atoms with E-state index in [9.17, 15) is 14.4 Å². The summed E-state index contributed by atoms with van der Waals surface area (Å²) in [5, 5.41) is 0.174. The van der Waals surface area contributed by atoms with Gasteiger partial charge in [0.25, 0.3) is 0 Å². The Kier molecular flexibility index (Phi) is 5.87. The fourth-order valence-electron chi connectivity index (χ4n) is 2.75. The molecule has 140 valence electrons. The van der Waals surface area contributed by atoms with Crippen molar-refractivity contribution in [2.75, 3.05) is 18.6 Å². The van der Waals surface area contributed by atoms with E-state index in [1.807, 2.05) is 12.1 Å². The molecule has 0 aliphatic carbocycles. The molecule has 0 N–H and O–H groups in total. The maximum Gasteiger partial charge on any atom is 0.319 e. The highest BCUT2D eigenvalue weighted by Crippen LogP contribution is 2.29. The third-order valence-electron chi connectivity index (χ3n) is 4.28. The highest BCUT2D eigenvalue weighted by Gasteiger charge is 2.25. The number of ketones is 1. The fourth-order valence-corrected chi connectivity index (χ4v) is 3.74. The van der Waals surface area contributed by atoms with Crippen molar-refractivity contribution in [1.82, 2.24) is 0 Å². The number of rotatable bonds is 6. The number of likely N-dealkylation sites (N-methyl/N-ethyl adjacent to an activating group) is 1. The molecule has 3 rings (SSSR count). The van der Waals surface area contributed by atoms with E-state index in [2.05, 4.69) is 0 Å². The van der Waals surface area contributed by atoms with E-state index in [0.717, 1.165) is 16.1 Å². The average Bonchev–Trinajstić information content (AvgIpc) is 2.94. The number of Topliss-reactive ketones (excluding diaryl/α,β-unsaturated/α-hetero) is 1. The predicted molar refractivity (Wildman–Crippen MR) is 106 cm³/mol. The van der Waals surface area contributed by atoms with Crippen LogP contribution in [0.25, 0.3) is 0 Å². The quantitative estimate of drug-likeness (QED) is 0.417. The van der Waals surface area contributed by atoms with Gasteiger partial charge in [0.15, 0.2) is 12.4 Å². The lowest BCUT2D eigenvalue weighted by Crippen LogP contribution is -2.21. The normalized spacial score (nSPS) is 14.0. The Balaban J connectivity index is 1.56. The minimum atomic E-state index is -0.459. The van der Waals surface area contributed by atoms with Crippen LogP contribution in [0.15, 0.2) is 47.4 Å². The Bertz CT molecular complexity index is 897. The standard InChI is InChI=1S/C20H18ClNO4S/c1-12(27-16-6-4-15(21)5-7-16)20(25)26-11-18(23)13-3-8-17-14(9-13)10-19(24)22(17)2/h3-9,12H,10-11H2,1-2H3/t12-/m1/s1. The molecule has 27 heavy (non-hydrogen) atoms. The van der Waals surface area contributed by atoms with E-state index >= 15 is 0 Å². The zero-order valence-electron chi connectivity index (χ0n) is 14.9. The van der Waals surface area contributed by atoms with Crippen molar-refractivity contribution in [3.05, 3.63) is 58.6 Å². The molecule has 0 saturated heterocycles. The third kappa shape index (κ3) is 4.51. The molecule has 1 amide bonds. The van der Waals surface area contributed by atoms with Gasteiger partial charge in [0.1, 0.15) is 5.25 Å². The number of thioether (sulfide) groups is 1. The molecule has 1 aliphatic heterocycles. The lowest BCUT2D eigenvalue weighted by molar-refractivity contribution is -0.141. The van der Waals surface area contributed by atoms with E-state index < -0.39 is 11.2 Å². The van der Waals surface area contributed by atoms with Crippen LogP contribution in [-0.2, 0) is 20.7 Å². The molecule has 1 atom stereocenters. The molecule has 0 fully saturated rings. The van der Waals surface area contributed by atoms with Crippen molar-refractivity contribution in [2.24, 2.45) is 0 Å². The monoisotopic (exact) mass is 403 g/mol. The summed E-state index contributed by atoms with van der Waals surface area (Å²) in [5.41, 5.74) is 2.05. The van der Waals surface area contributed by atoms with Gasteiger partial charge in [-0.25, -0.2) is 0 Å². The molecule has 0 saturated carbocycles. The number of carbonyl (C=O) groups excluding carboxylic acids is 3.